The predicted octanol–water partition coefficient (Wildman–Crippen LogP) is 0.783. The molecule has 1 saturated heterocycles. The molecule has 5 heteroatoms. The zero-order valence-electron chi connectivity index (χ0n) is 11.0. The number of amidine groups is 1. The molecular formula is C14H20N4O. The van der Waals surface area contributed by atoms with E-state index in [-0.39, 0.29) is 12.6 Å². The lowest BCUT2D eigenvalue weighted by atomic mass is 10.1. The van der Waals surface area contributed by atoms with Gasteiger partial charge >= 0.3 is 0 Å². The third kappa shape index (κ3) is 2.42. The van der Waals surface area contributed by atoms with Gasteiger partial charge in [-0.1, -0.05) is 0 Å². The molecule has 1 atom stereocenters. The summed E-state index contributed by atoms with van der Waals surface area (Å²) in [7, 11) is 0. The molecule has 2 N–H and O–H groups in total. The smallest absolute Gasteiger partial charge is 0.139 e. The van der Waals surface area contributed by atoms with Gasteiger partial charge in [0.1, 0.15) is 11.7 Å². The number of nitrogens with one attached hydrogen (secondary N) is 1. The van der Waals surface area contributed by atoms with E-state index in [2.05, 4.69) is 26.3 Å². The molecule has 0 spiro atoms. The zero-order chi connectivity index (χ0) is 13.1. The Bertz CT molecular complexity index is 474. The monoisotopic (exact) mass is 260 g/mol. The second kappa shape index (κ2) is 5.57. The number of aliphatic hydroxyl groups is 1. The van der Waals surface area contributed by atoms with Crippen LogP contribution in [0.2, 0.25) is 0 Å². The summed E-state index contributed by atoms with van der Waals surface area (Å²) < 4.78 is 0. The number of pyridine rings is 1. The average Bonchev–Trinajstić information content (AvgIpc) is 2.96. The summed E-state index contributed by atoms with van der Waals surface area (Å²) in [4.78, 5) is 11.3. The van der Waals surface area contributed by atoms with E-state index in [1.807, 2.05) is 12.3 Å². The Labute approximate surface area is 113 Å². The summed E-state index contributed by atoms with van der Waals surface area (Å²) >= 11 is 0. The van der Waals surface area contributed by atoms with Crippen molar-refractivity contribution in [2.45, 2.75) is 25.3 Å². The summed E-state index contributed by atoms with van der Waals surface area (Å²) in [5.41, 5.74) is 1.06. The predicted molar refractivity (Wildman–Crippen MR) is 75.7 cm³/mol. The van der Waals surface area contributed by atoms with E-state index in [0.717, 1.165) is 56.1 Å². The van der Waals surface area contributed by atoms with E-state index in [4.69, 9.17) is 0 Å². The fourth-order valence-electron chi connectivity index (χ4n) is 2.83. The standard InChI is InChI=1S/C14H20N4O/c19-10-11-4-2-9-18(11)14-12(5-1-6-17-14)13-15-7-3-8-16-13/h1,5-6,11,19H,2-4,7-10H2,(H,15,16). The molecule has 0 amide bonds. The van der Waals surface area contributed by atoms with Crippen LogP contribution in [0.15, 0.2) is 23.3 Å². The quantitative estimate of drug-likeness (QED) is 0.843. The van der Waals surface area contributed by atoms with Crippen molar-refractivity contribution in [3.8, 4) is 0 Å². The molecule has 0 bridgehead atoms. The summed E-state index contributed by atoms with van der Waals surface area (Å²) in [6.07, 6.45) is 5.05. The normalized spacial score (nSPS) is 23.1. The fraction of sp³-hybridized carbons (Fsp3) is 0.571. The highest BCUT2D eigenvalue weighted by atomic mass is 16.3. The molecule has 0 aromatic carbocycles. The third-order valence-corrected chi connectivity index (χ3v) is 3.80. The van der Waals surface area contributed by atoms with Crippen LogP contribution in [-0.2, 0) is 0 Å². The van der Waals surface area contributed by atoms with Gasteiger partial charge in [0.15, 0.2) is 0 Å². The van der Waals surface area contributed by atoms with Crippen LogP contribution < -0.4 is 10.2 Å². The third-order valence-electron chi connectivity index (χ3n) is 3.80. The van der Waals surface area contributed by atoms with Crippen LogP contribution >= 0.6 is 0 Å². The maximum absolute atomic E-state index is 9.48. The van der Waals surface area contributed by atoms with E-state index < -0.39 is 0 Å². The van der Waals surface area contributed by atoms with Gasteiger partial charge in [0.25, 0.3) is 0 Å². The molecule has 19 heavy (non-hydrogen) atoms. The highest BCUT2D eigenvalue weighted by Gasteiger charge is 2.27. The van der Waals surface area contributed by atoms with Crippen molar-refractivity contribution >= 4 is 11.7 Å². The van der Waals surface area contributed by atoms with Gasteiger partial charge in [0.05, 0.1) is 18.2 Å². The Morgan fingerprint density at radius 3 is 3.16 bits per heavy atom. The molecule has 0 saturated carbocycles. The molecule has 1 unspecified atom stereocenters. The molecule has 5 nitrogen and oxygen atoms in total. The van der Waals surface area contributed by atoms with Crippen LogP contribution in [0.1, 0.15) is 24.8 Å². The minimum Gasteiger partial charge on any atom is -0.394 e. The molecule has 0 aliphatic carbocycles. The lowest BCUT2D eigenvalue weighted by molar-refractivity contribution is 0.266. The SMILES string of the molecule is OCC1CCCN1c1ncccc1C1=NCCCN1. The first-order chi connectivity index (χ1) is 9.40. The van der Waals surface area contributed by atoms with Gasteiger partial charge in [0.2, 0.25) is 0 Å². The number of hydrogen-bond donors (Lipinski definition) is 2. The van der Waals surface area contributed by atoms with E-state index >= 15 is 0 Å². The number of anilines is 1. The first kappa shape index (κ1) is 12.4. The maximum Gasteiger partial charge on any atom is 0.139 e. The van der Waals surface area contributed by atoms with E-state index in [9.17, 15) is 5.11 Å². The van der Waals surface area contributed by atoms with E-state index in [1.54, 1.807) is 0 Å². The molecule has 102 valence electrons. The molecule has 2 aliphatic rings. The van der Waals surface area contributed by atoms with Crippen LogP contribution in [0.25, 0.3) is 0 Å². The molecule has 2 aliphatic heterocycles. The van der Waals surface area contributed by atoms with Gasteiger partial charge in [0, 0.05) is 25.8 Å². The largest absolute Gasteiger partial charge is 0.394 e. The highest BCUT2D eigenvalue weighted by molar-refractivity contribution is 6.03. The first-order valence-electron chi connectivity index (χ1n) is 7.01. The molecule has 1 aromatic rings. The van der Waals surface area contributed by atoms with Crippen molar-refractivity contribution in [1.82, 2.24) is 10.3 Å². The highest BCUT2D eigenvalue weighted by Crippen LogP contribution is 2.26. The average molecular weight is 260 g/mol. The van der Waals surface area contributed by atoms with E-state index in [0.29, 0.717) is 0 Å². The number of aromatic nitrogens is 1. The van der Waals surface area contributed by atoms with Crippen molar-refractivity contribution in [1.29, 1.82) is 0 Å². The second-order valence-corrected chi connectivity index (χ2v) is 5.06. The Kier molecular flexibility index (Phi) is 3.64. The van der Waals surface area contributed by atoms with Crippen LogP contribution in [0, 0.1) is 0 Å². The fourth-order valence-corrected chi connectivity index (χ4v) is 2.83. The van der Waals surface area contributed by atoms with Crippen LogP contribution in [0.5, 0.6) is 0 Å². The molecule has 1 aromatic heterocycles. The van der Waals surface area contributed by atoms with Crippen LogP contribution in [0.3, 0.4) is 0 Å². The number of aliphatic imine (C=N–C) groups is 1. The summed E-state index contributed by atoms with van der Waals surface area (Å²) in [6.45, 7) is 3.00. The van der Waals surface area contributed by atoms with Crippen molar-refractivity contribution in [2.75, 3.05) is 31.1 Å². The molecular weight excluding hydrogens is 240 g/mol. The minimum atomic E-state index is 0.190. The summed E-state index contributed by atoms with van der Waals surface area (Å²) in [5.74, 6) is 1.89. The number of rotatable bonds is 3. The zero-order valence-corrected chi connectivity index (χ0v) is 11.0. The van der Waals surface area contributed by atoms with Crippen molar-refractivity contribution in [3.05, 3.63) is 23.9 Å². The topological polar surface area (TPSA) is 60.8 Å². The lowest BCUT2D eigenvalue weighted by Gasteiger charge is -2.27. The van der Waals surface area contributed by atoms with Crippen LogP contribution in [-0.4, -0.2) is 48.2 Å². The van der Waals surface area contributed by atoms with E-state index in [1.165, 1.54) is 0 Å². The molecule has 1 fully saturated rings. The summed E-state index contributed by atoms with van der Waals surface area (Å²) in [6, 6.07) is 4.20. The Balaban J connectivity index is 1.95. The van der Waals surface area contributed by atoms with Crippen LogP contribution in [0.4, 0.5) is 5.82 Å². The number of aliphatic hydroxyl groups excluding tert-OH is 1. The first-order valence-corrected chi connectivity index (χ1v) is 7.01. The van der Waals surface area contributed by atoms with Gasteiger partial charge in [-0.25, -0.2) is 4.98 Å². The number of nitrogens with zero attached hydrogens (tertiary/aromatic N) is 3. The number of hydrogen-bond acceptors (Lipinski definition) is 5. The van der Waals surface area contributed by atoms with Gasteiger partial charge in [-0.2, -0.15) is 0 Å². The van der Waals surface area contributed by atoms with Crippen molar-refractivity contribution in [2.24, 2.45) is 4.99 Å². The molecule has 3 rings (SSSR count). The Morgan fingerprint density at radius 1 is 1.42 bits per heavy atom. The van der Waals surface area contributed by atoms with Gasteiger partial charge in [-0.05, 0) is 31.4 Å². The van der Waals surface area contributed by atoms with Crippen molar-refractivity contribution in [3.63, 3.8) is 0 Å². The van der Waals surface area contributed by atoms with Gasteiger partial charge in [-0.15, -0.1) is 0 Å². The second-order valence-electron chi connectivity index (χ2n) is 5.06. The molecule has 3 heterocycles. The minimum absolute atomic E-state index is 0.190. The Morgan fingerprint density at radius 2 is 2.37 bits per heavy atom. The summed E-state index contributed by atoms with van der Waals surface area (Å²) in [5, 5.41) is 12.8. The van der Waals surface area contributed by atoms with Gasteiger partial charge < -0.3 is 15.3 Å². The van der Waals surface area contributed by atoms with Crippen molar-refractivity contribution < 1.29 is 5.11 Å². The molecule has 0 radical (unpaired) electrons. The Hall–Kier alpha value is -1.62. The maximum atomic E-state index is 9.48. The lowest BCUT2D eigenvalue weighted by Crippen LogP contribution is -2.36. The van der Waals surface area contributed by atoms with Gasteiger partial charge in [-0.3, -0.25) is 4.99 Å².